The second-order valence-corrected chi connectivity index (χ2v) is 10.6. The second-order valence-electron chi connectivity index (χ2n) is 9.70. The van der Waals surface area contributed by atoms with Crippen molar-refractivity contribution in [2.45, 2.75) is 57.3 Å². The number of likely N-dealkylation sites (tertiary alicyclic amines) is 1. The van der Waals surface area contributed by atoms with Crippen molar-refractivity contribution in [1.29, 1.82) is 0 Å². The van der Waals surface area contributed by atoms with E-state index in [1.807, 2.05) is 13.0 Å². The Morgan fingerprint density at radius 1 is 1.22 bits per heavy atom. The molecule has 2 saturated heterocycles. The SMILES string of the molecule is Cc1cc(Br)cnc1CN1CCC(O)(c2c(F)cc3c(c2F)CN(C2CCC(=O)NC2=O)C3=O)CC1. The van der Waals surface area contributed by atoms with E-state index in [0.717, 1.165) is 21.8 Å². The van der Waals surface area contributed by atoms with Crippen molar-refractivity contribution in [2.24, 2.45) is 0 Å². The van der Waals surface area contributed by atoms with Gasteiger partial charge in [-0.1, -0.05) is 0 Å². The largest absolute Gasteiger partial charge is 0.385 e. The summed E-state index contributed by atoms with van der Waals surface area (Å²) < 4.78 is 31.8. The molecule has 4 heterocycles. The van der Waals surface area contributed by atoms with E-state index in [-0.39, 0.29) is 43.4 Å². The lowest BCUT2D eigenvalue weighted by Gasteiger charge is -2.39. The molecule has 1 aromatic carbocycles. The third-order valence-electron chi connectivity index (χ3n) is 7.40. The first kappa shape index (κ1) is 24.9. The van der Waals surface area contributed by atoms with Gasteiger partial charge in [0.15, 0.2) is 0 Å². The lowest BCUT2D eigenvalue weighted by molar-refractivity contribution is -0.136. The maximum atomic E-state index is 15.7. The molecule has 2 N–H and O–H groups in total. The number of aromatic nitrogens is 1. The van der Waals surface area contributed by atoms with Crippen LogP contribution in [0.25, 0.3) is 0 Å². The Balaban J connectivity index is 1.35. The minimum Gasteiger partial charge on any atom is -0.385 e. The van der Waals surface area contributed by atoms with E-state index < -0.39 is 46.6 Å². The van der Waals surface area contributed by atoms with Crippen LogP contribution in [0.5, 0.6) is 0 Å². The zero-order chi connectivity index (χ0) is 25.8. The Labute approximate surface area is 214 Å². The molecule has 1 unspecified atom stereocenters. The molecule has 3 amide bonds. The van der Waals surface area contributed by atoms with Gasteiger partial charge in [-0.3, -0.25) is 29.6 Å². The van der Waals surface area contributed by atoms with Crippen LogP contribution >= 0.6 is 15.9 Å². The average Bonchev–Trinajstić information content (AvgIpc) is 3.13. The lowest BCUT2D eigenvalue weighted by Crippen LogP contribution is -2.52. The van der Waals surface area contributed by atoms with Crippen LogP contribution in [0, 0.1) is 18.6 Å². The van der Waals surface area contributed by atoms with Crippen LogP contribution in [0.4, 0.5) is 8.78 Å². The predicted molar refractivity (Wildman–Crippen MR) is 127 cm³/mol. The molecule has 1 aromatic heterocycles. The number of pyridine rings is 1. The predicted octanol–water partition coefficient (Wildman–Crippen LogP) is 2.68. The highest BCUT2D eigenvalue weighted by molar-refractivity contribution is 9.10. The molecule has 3 aliphatic heterocycles. The minimum atomic E-state index is -1.73. The van der Waals surface area contributed by atoms with Crippen molar-refractivity contribution in [3.63, 3.8) is 0 Å². The highest BCUT2D eigenvalue weighted by Gasteiger charge is 2.45. The Morgan fingerprint density at radius 2 is 1.94 bits per heavy atom. The van der Waals surface area contributed by atoms with Gasteiger partial charge in [-0.25, -0.2) is 8.78 Å². The lowest BCUT2D eigenvalue weighted by atomic mass is 9.82. The number of benzene rings is 1. The molecule has 0 spiro atoms. The summed E-state index contributed by atoms with van der Waals surface area (Å²) in [5.41, 5.74) is -0.441. The van der Waals surface area contributed by atoms with Crippen LogP contribution in [0.2, 0.25) is 0 Å². The molecule has 0 saturated carbocycles. The number of halogens is 3. The Morgan fingerprint density at radius 3 is 2.61 bits per heavy atom. The molecule has 2 fully saturated rings. The molecule has 8 nitrogen and oxygen atoms in total. The molecule has 1 atom stereocenters. The summed E-state index contributed by atoms with van der Waals surface area (Å²) >= 11 is 3.39. The summed E-state index contributed by atoms with van der Waals surface area (Å²) in [6.45, 7) is 3.11. The number of fused-ring (bicyclic) bond motifs is 1. The minimum absolute atomic E-state index is 0.0355. The van der Waals surface area contributed by atoms with Crippen molar-refractivity contribution in [2.75, 3.05) is 13.1 Å². The molecule has 5 rings (SSSR count). The number of nitrogens with zero attached hydrogens (tertiary/aromatic N) is 3. The third-order valence-corrected chi connectivity index (χ3v) is 7.83. The van der Waals surface area contributed by atoms with Crippen molar-refractivity contribution in [1.82, 2.24) is 20.1 Å². The molecular formula is C25H25BrF2N4O4. The van der Waals surface area contributed by atoms with Crippen molar-refractivity contribution in [3.8, 4) is 0 Å². The zero-order valence-electron chi connectivity index (χ0n) is 19.6. The Bertz CT molecular complexity index is 1280. The van der Waals surface area contributed by atoms with Crippen LogP contribution in [0.1, 0.15) is 58.4 Å². The monoisotopic (exact) mass is 562 g/mol. The van der Waals surface area contributed by atoms with E-state index in [9.17, 15) is 19.5 Å². The molecule has 36 heavy (non-hydrogen) atoms. The van der Waals surface area contributed by atoms with Crippen molar-refractivity contribution >= 4 is 33.7 Å². The third kappa shape index (κ3) is 4.33. The van der Waals surface area contributed by atoms with E-state index in [0.29, 0.717) is 19.6 Å². The van der Waals surface area contributed by atoms with Gasteiger partial charge in [0, 0.05) is 42.3 Å². The number of imide groups is 1. The fourth-order valence-electron chi connectivity index (χ4n) is 5.34. The number of hydrogen-bond donors (Lipinski definition) is 2. The van der Waals surface area contributed by atoms with E-state index in [1.165, 1.54) is 4.90 Å². The number of carbonyl (C=O) groups is 3. The van der Waals surface area contributed by atoms with Crippen LogP contribution < -0.4 is 5.32 Å². The topological polar surface area (TPSA) is 103 Å². The number of aliphatic hydroxyl groups is 1. The highest BCUT2D eigenvalue weighted by Crippen LogP contribution is 2.40. The summed E-state index contributed by atoms with van der Waals surface area (Å²) in [7, 11) is 0. The summed E-state index contributed by atoms with van der Waals surface area (Å²) in [5, 5.41) is 13.5. The summed E-state index contributed by atoms with van der Waals surface area (Å²) in [6.07, 6.45) is 2.12. The summed E-state index contributed by atoms with van der Waals surface area (Å²) in [6, 6.07) is 1.99. The molecule has 190 valence electrons. The number of carbonyl (C=O) groups excluding carboxylic acids is 3. The van der Waals surface area contributed by atoms with Gasteiger partial charge < -0.3 is 10.0 Å². The van der Waals surface area contributed by atoms with Gasteiger partial charge in [0.25, 0.3) is 5.91 Å². The molecule has 0 aliphatic carbocycles. The van der Waals surface area contributed by atoms with Crippen LogP contribution in [0.15, 0.2) is 22.8 Å². The average molecular weight is 563 g/mol. The number of rotatable bonds is 4. The molecule has 3 aliphatic rings. The van der Waals surface area contributed by atoms with Gasteiger partial charge in [0.1, 0.15) is 17.7 Å². The van der Waals surface area contributed by atoms with Gasteiger partial charge >= 0.3 is 0 Å². The second kappa shape index (κ2) is 9.28. The normalized spacial score (nSPS) is 22.1. The van der Waals surface area contributed by atoms with Crippen LogP contribution in [0.3, 0.4) is 0 Å². The Kier molecular flexibility index (Phi) is 6.42. The van der Waals surface area contributed by atoms with E-state index in [2.05, 4.69) is 31.1 Å². The summed E-state index contributed by atoms with van der Waals surface area (Å²) in [4.78, 5) is 44.3. The maximum Gasteiger partial charge on any atom is 0.255 e. The van der Waals surface area contributed by atoms with Gasteiger partial charge in [0.05, 0.1) is 29.0 Å². The van der Waals surface area contributed by atoms with Crippen molar-refractivity contribution in [3.05, 3.63) is 62.4 Å². The standard InChI is InChI=1S/C25H25BrF2N4O4/c1-13-8-14(26)10-29-18(13)12-31-6-4-25(36,5-7-31)21-17(27)9-15-16(22(21)28)11-32(24(15)35)19-2-3-20(33)30-23(19)34/h8-10,19,36H,2-7,11-12H2,1H3,(H,30,33,34). The summed E-state index contributed by atoms with van der Waals surface area (Å²) in [5.74, 6) is -3.65. The fraction of sp³-hybridized carbons (Fsp3) is 0.440. The smallest absolute Gasteiger partial charge is 0.255 e. The Hall–Kier alpha value is -2.76. The van der Waals surface area contributed by atoms with Gasteiger partial charge in [0.2, 0.25) is 11.8 Å². The van der Waals surface area contributed by atoms with Crippen LogP contribution in [-0.4, -0.2) is 56.7 Å². The molecular weight excluding hydrogens is 538 g/mol. The van der Waals surface area contributed by atoms with E-state index in [1.54, 1.807) is 6.20 Å². The molecule has 11 heteroatoms. The molecule has 2 aromatic rings. The first-order valence-electron chi connectivity index (χ1n) is 11.8. The van der Waals surface area contributed by atoms with Gasteiger partial charge in [-0.05, 0) is 59.8 Å². The van der Waals surface area contributed by atoms with Gasteiger partial charge in [-0.2, -0.15) is 0 Å². The van der Waals surface area contributed by atoms with E-state index in [4.69, 9.17) is 0 Å². The molecule has 0 bridgehead atoms. The van der Waals surface area contributed by atoms with Gasteiger partial charge in [-0.15, -0.1) is 0 Å². The number of aryl methyl sites for hydroxylation is 1. The highest BCUT2D eigenvalue weighted by atomic mass is 79.9. The van der Waals surface area contributed by atoms with Crippen molar-refractivity contribution < 1.29 is 28.3 Å². The fourth-order valence-corrected chi connectivity index (χ4v) is 5.78. The van der Waals surface area contributed by atoms with E-state index >= 15 is 8.78 Å². The zero-order valence-corrected chi connectivity index (χ0v) is 21.2. The number of piperidine rings is 2. The number of hydrogen-bond acceptors (Lipinski definition) is 6. The first-order valence-corrected chi connectivity index (χ1v) is 12.6. The molecule has 0 radical (unpaired) electrons. The van der Waals surface area contributed by atoms with Crippen LogP contribution in [-0.2, 0) is 28.3 Å². The number of amides is 3. The number of nitrogens with one attached hydrogen (secondary N) is 1. The first-order chi connectivity index (χ1) is 17.1. The maximum absolute atomic E-state index is 15.7. The quantitative estimate of drug-likeness (QED) is 0.555.